The molecule has 2 heterocycles. The summed E-state index contributed by atoms with van der Waals surface area (Å²) in [6.45, 7) is 6.12. The number of nitrogens with two attached hydrogens (primary N) is 1. The number of nitrogens with zero attached hydrogens (tertiary/aromatic N) is 2. The molecular formula is C19H18BrN3O2. The molecule has 0 aliphatic rings. The van der Waals surface area contributed by atoms with Crippen molar-refractivity contribution < 1.29 is 9.53 Å². The van der Waals surface area contributed by atoms with Gasteiger partial charge in [-0.1, -0.05) is 48.8 Å². The minimum Gasteiger partial charge on any atom is -0.408 e. The van der Waals surface area contributed by atoms with Crippen LogP contribution in [0, 0.1) is 0 Å². The van der Waals surface area contributed by atoms with E-state index in [-0.39, 0.29) is 5.41 Å². The van der Waals surface area contributed by atoms with Crippen LogP contribution in [0.3, 0.4) is 0 Å². The number of aromatic nitrogens is 2. The van der Waals surface area contributed by atoms with Gasteiger partial charge in [0.25, 0.3) is 0 Å². The fourth-order valence-corrected chi connectivity index (χ4v) is 2.86. The molecule has 0 aliphatic heterocycles. The van der Waals surface area contributed by atoms with E-state index in [1.807, 2.05) is 57.2 Å². The number of hydrogen-bond acceptors (Lipinski definition) is 4. The summed E-state index contributed by atoms with van der Waals surface area (Å²) in [4.78, 5) is 20.6. The molecule has 0 spiro atoms. The molecule has 0 saturated carbocycles. The fraction of sp³-hybridized carbons (Fsp3) is 0.211. The van der Waals surface area contributed by atoms with Crippen LogP contribution in [0.1, 0.15) is 26.5 Å². The minimum absolute atomic E-state index is 0.201. The number of carbonyl (C=O) groups is 1. The van der Waals surface area contributed by atoms with Crippen LogP contribution in [-0.2, 0) is 5.41 Å². The number of amides is 1. The Balaban J connectivity index is 2.22. The highest BCUT2D eigenvalue weighted by molar-refractivity contribution is 9.10. The Morgan fingerprint density at radius 1 is 1.12 bits per heavy atom. The summed E-state index contributed by atoms with van der Waals surface area (Å²) in [6.07, 6.45) is -0.873. The van der Waals surface area contributed by atoms with E-state index in [1.54, 1.807) is 6.07 Å². The van der Waals surface area contributed by atoms with E-state index in [9.17, 15) is 4.79 Å². The standard InChI is InChI=1S/C19H18BrN3O2/c1-19(2,3)16-10-15(25-18(21)24)17-14(22-16)8-7-13(23-17)11-5-4-6-12(20)9-11/h4-10H,1-3H3,(H2,21,24). The molecule has 3 aromatic rings. The van der Waals surface area contributed by atoms with Gasteiger partial charge in [0, 0.05) is 21.5 Å². The van der Waals surface area contributed by atoms with E-state index in [0.29, 0.717) is 16.8 Å². The van der Waals surface area contributed by atoms with E-state index in [1.165, 1.54) is 0 Å². The van der Waals surface area contributed by atoms with E-state index in [0.717, 1.165) is 21.4 Å². The molecule has 0 atom stereocenters. The molecule has 0 unspecified atom stereocenters. The lowest BCUT2D eigenvalue weighted by molar-refractivity contribution is 0.211. The summed E-state index contributed by atoms with van der Waals surface area (Å²) in [5.74, 6) is 0.319. The van der Waals surface area contributed by atoms with Crippen LogP contribution in [0.5, 0.6) is 5.75 Å². The topological polar surface area (TPSA) is 78.1 Å². The maximum absolute atomic E-state index is 11.3. The van der Waals surface area contributed by atoms with Gasteiger partial charge in [-0.3, -0.25) is 4.98 Å². The molecule has 0 radical (unpaired) electrons. The summed E-state index contributed by atoms with van der Waals surface area (Å²) in [6, 6.07) is 13.3. The first-order valence-corrected chi connectivity index (χ1v) is 8.59. The fourth-order valence-electron chi connectivity index (χ4n) is 2.46. The third-order valence-electron chi connectivity index (χ3n) is 3.72. The van der Waals surface area contributed by atoms with Crippen LogP contribution in [0.4, 0.5) is 4.79 Å². The van der Waals surface area contributed by atoms with Gasteiger partial charge in [-0.25, -0.2) is 9.78 Å². The Kier molecular flexibility index (Phi) is 4.47. The van der Waals surface area contributed by atoms with E-state index in [2.05, 4.69) is 25.9 Å². The summed E-state index contributed by atoms with van der Waals surface area (Å²) in [5.41, 5.74) is 8.69. The highest BCUT2D eigenvalue weighted by Crippen LogP contribution is 2.32. The molecule has 5 nitrogen and oxygen atoms in total. The molecule has 3 rings (SSSR count). The van der Waals surface area contributed by atoms with Crippen molar-refractivity contribution in [3.8, 4) is 17.0 Å². The number of carbonyl (C=O) groups excluding carboxylic acids is 1. The van der Waals surface area contributed by atoms with Crippen molar-refractivity contribution in [1.29, 1.82) is 0 Å². The van der Waals surface area contributed by atoms with Crippen LogP contribution in [0.25, 0.3) is 22.3 Å². The first kappa shape index (κ1) is 17.4. The lowest BCUT2D eigenvalue weighted by atomic mass is 9.91. The van der Waals surface area contributed by atoms with Gasteiger partial charge in [0.15, 0.2) is 5.75 Å². The predicted octanol–water partition coefficient (Wildman–Crippen LogP) is 4.81. The Bertz CT molecular complexity index is 965. The number of rotatable bonds is 2. The Hall–Kier alpha value is -2.47. The van der Waals surface area contributed by atoms with Crippen molar-refractivity contribution in [2.24, 2.45) is 5.73 Å². The zero-order chi connectivity index (χ0) is 18.2. The molecule has 128 valence electrons. The maximum atomic E-state index is 11.3. The third-order valence-corrected chi connectivity index (χ3v) is 4.21. The van der Waals surface area contributed by atoms with Gasteiger partial charge in [0.05, 0.1) is 16.9 Å². The average Bonchev–Trinajstić information content (AvgIpc) is 2.53. The molecule has 0 bridgehead atoms. The summed E-state index contributed by atoms with van der Waals surface area (Å²) in [7, 11) is 0. The third kappa shape index (κ3) is 3.79. The largest absolute Gasteiger partial charge is 0.410 e. The Morgan fingerprint density at radius 2 is 1.88 bits per heavy atom. The molecule has 6 heteroatoms. The van der Waals surface area contributed by atoms with E-state index in [4.69, 9.17) is 10.5 Å². The molecule has 25 heavy (non-hydrogen) atoms. The SMILES string of the molecule is CC(C)(C)c1cc(OC(N)=O)c2nc(-c3cccc(Br)c3)ccc2n1. The van der Waals surface area contributed by atoms with Crippen LogP contribution >= 0.6 is 15.9 Å². The lowest BCUT2D eigenvalue weighted by Crippen LogP contribution is -2.19. The molecule has 1 amide bonds. The first-order chi connectivity index (χ1) is 11.7. The predicted molar refractivity (Wildman–Crippen MR) is 102 cm³/mol. The average molecular weight is 400 g/mol. The molecule has 0 saturated heterocycles. The lowest BCUT2D eigenvalue weighted by Gasteiger charge is -2.19. The van der Waals surface area contributed by atoms with Gasteiger partial charge in [-0.15, -0.1) is 0 Å². The van der Waals surface area contributed by atoms with Crippen LogP contribution < -0.4 is 10.5 Å². The molecule has 0 fully saturated rings. The van der Waals surface area contributed by atoms with Gasteiger partial charge in [-0.2, -0.15) is 0 Å². The van der Waals surface area contributed by atoms with Crippen molar-refractivity contribution in [1.82, 2.24) is 9.97 Å². The summed E-state index contributed by atoms with van der Waals surface area (Å²) >= 11 is 3.46. The molecule has 0 aliphatic carbocycles. The maximum Gasteiger partial charge on any atom is 0.410 e. The number of ether oxygens (including phenoxy) is 1. The smallest absolute Gasteiger partial charge is 0.408 e. The number of primary amides is 1. The minimum atomic E-state index is -0.873. The molecule has 2 aromatic heterocycles. The number of benzene rings is 1. The van der Waals surface area contributed by atoms with E-state index < -0.39 is 6.09 Å². The summed E-state index contributed by atoms with van der Waals surface area (Å²) < 4.78 is 6.16. The zero-order valence-electron chi connectivity index (χ0n) is 14.2. The van der Waals surface area contributed by atoms with Crippen molar-refractivity contribution >= 4 is 33.1 Å². The normalized spacial score (nSPS) is 11.5. The summed E-state index contributed by atoms with van der Waals surface area (Å²) in [5, 5.41) is 0. The van der Waals surface area contributed by atoms with Crippen molar-refractivity contribution in [3.05, 3.63) is 52.6 Å². The van der Waals surface area contributed by atoms with Gasteiger partial charge >= 0.3 is 6.09 Å². The zero-order valence-corrected chi connectivity index (χ0v) is 15.8. The number of fused-ring (bicyclic) bond motifs is 1. The second-order valence-electron chi connectivity index (χ2n) is 6.75. The quantitative estimate of drug-likeness (QED) is 0.669. The van der Waals surface area contributed by atoms with Gasteiger partial charge in [0.2, 0.25) is 0 Å². The molecule has 1 aromatic carbocycles. The van der Waals surface area contributed by atoms with Crippen LogP contribution in [0.2, 0.25) is 0 Å². The van der Waals surface area contributed by atoms with Crippen molar-refractivity contribution in [2.75, 3.05) is 0 Å². The molecular weight excluding hydrogens is 382 g/mol. The molecule has 2 N–H and O–H groups in total. The van der Waals surface area contributed by atoms with Crippen molar-refractivity contribution in [3.63, 3.8) is 0 Å². The second kappa shape index (κ2) is 6.44. The monoisotopic (exact) mass is 399 g/mol. The Morgan fingerprint density at radius 3 is 2.52 bits per heavy atom. The van der Waals surface area contributed by atoms with E-state index >= 15 is 0 Å². The van der Waals surface area contributed by atoms with Crippen LogP contribution in [-0.4, -0.2) is 16.1 Å². The highest BCUT2D eigenvalue weighted by atomic mass is 79.9. The second-order valence-corrected chi connectivity index (χ2v) is 7.67. The van der Waals surface area contributed by atoms with Crippen LogP contribution in [0.15, 0.2) is 46.9 Å². The van der Waals surface area contributed by atoms with Gasteiger partial charge < -0.3 is 10.5 Å². The number of hydrogen-bond donors (Lipinski definition) is 1. The first-order valence-electron chi connectivity index (χ1n) is 7.79. The van der Waals surface area contributed by atoms with Gasteiger partial charge in [-0.05, 0) is 24.3 Å². The highest BCUT2D eigenvalue weighted by Gasteiger charge is 2.20. The number of pyridine rings is 2. The Labute approximate surface area is 154 Å². The number of halogens is 1. The van der Waals surface area contributed by atoms with Gasteiger partial charge in [0.1, 0.15) is 5.52 Å². The van der Waals surface area contributed by atoms with Crippen molar-refractivity contribution in [2.45, 2.75) is 26.2 Å².